The van der Waals surface area contributed by atoms with Gasteiger partial charge in [0.1, 0.15) is 11.8 Å². The summed E-state index contributed by atoms with van der Waals surface area (Å²) >= 11 is 0. The smallest absolute Gasteiger partial charge is 0.326 e. The molecule has 1 aromatic carbocycles. The topological polar surface area (TPSA) is 66.8 Å². The first kappa shape index (κ1) is 13.9. The van der Waals surface area contributed by atoms with Gasteiger partial charge in [0.25, 0.3) is 0 Å². The number of aliphatic carboxylic acids is 1. The van der Waals surface area contributed by atoms with Gasteiger partial charge in [0.15, 0.2) is 0 Å². The second-order valence-corrected chi connectivity index (χ2v) is 5.81. The molecular formula is C16H19NO4. The first-order valence-corrected chi connectivity index (χ1v) is 7.34. The number of hydrogen-bond acceptors (Lipinski definition) is 3. The highest BCUT2D eigenvalue weighted by molar-refractivity contribution is 5.89. The predicted molar refractivity (Wildman–Crippen MR) is 76.2 cm³/mol. The SMILES string of the molecule is CC1CCN(C(=O)C2CCOc3ccccc32)C1C(=O)O. The second kappa shape index (κ2) is 5.39. The van der Waals surface area contributed by atoms with E-state index in [1.807, 2.05) is 31.2 Å². The molecule has 2 aliphatic heterocycles. The van der Waals surface area contributed by atoms with Crippen LogP contribution < -0.4 is 4.74 Å². The zero-order valence-corrected chi connectivity index (χ0v) is 12.0. The van der Waals surface area contributed by atoms with Crippen molar-refractivity contribution in [2.45, 2.75) is 31.7 Å². The van der Waals surface area contributed by atoms with Crippen LogP contribution in [0, 0.1) is 5.92 Å². The van der Waals surface area contributed by atoms with Crippen molar-refractivity contribution < 1.29 is 19.4 Å². The molecule has 2 aliphatic rings. The maximum Gasteiger partial charge on any atom is 0.326 e. The highest BCUT2D eigenvalue weighted by atomic mass is 16.5. The number of rotatable bonds is 2. The van der Waals surface area contributed by atoms with Gasteiger partial charge in [-0.15, -0.1) is 0 Å². The molecule has 21 heavy (non-hydrogen) atoms. The molecule has 2 heterocycles. The number of carbonyl (C=O) groups is 2. The first-order chi connectivity index (χ1) is 10.1. The summed E-state index contributed by atoms with van der Waals surface area (Å²) in [6.07, 6.45) is 1.35. The van der Waals surface area contributed by atoms with Crippen molar-refractivity contribution in [2.75, 3.05) is 13.2 Å². The molecule has 3 unspecified atom stereocenters. The standard InChI is InChI=1S/C16H19NO4/c1-10-6-8-17(14(10)16(19)20)15(18)12-7-9-21-13-5-3-2-4-11(12)13/h2-5,10,12,14H,6-9H2,1H3,(H,19,20). The molecule has 112 valence electrons. The van der Waals surface area contributed by atoms with Crippen LogP contribution in [0.3, 0.4) is 0 Å². The molecule has 1 N–H and O–H groups in total. The lowest BCUT2D eigenvalue weighted by Gasteiger charge is -2.31. The largest absolute Gasteiger partial charge is 0.493 e. The van der Waals surface area contributed by atoms with E-state index < -0.39 is 12.0 Å². The fourth-order valence-corrected chi connectivity index (χ4v) is 3.37. The predicted octanol–water partition coefficient (Wildman–Crippen LogP) is 1.87. The third-order valence-electron chi connectivity index (χ3n) is 4.49. The average Bonchev–Trinajstić information content (AvgIpc) is 2.88. The molecule has 3 rings (SSSR count). The summed E-state index contributed by atoms with van der Waals surface area (Å²) in [5.41, 5.74) is 0.873. The summed E-state index contributed by atoms with van der Waals surface area (Å²) in [6.45, 7) is 2.91. The van der Waals surface area contributed by atoms with Crippen LogP contribution in [0.4, 0.5) is 0 Å². The Balaban J connectivity index is 1.88. The van der Waals surface area contributed by atoms with E-state index in [-0.39, 0.29) is 17.7 Å². The van der Waals surface area contributed by atoms with Crippen LogP contribution in [-0.2, 0) is 9.59 Å². The van der Waals surface area contributed by atoms with Gasteiger partial charge < -0.3 is 14.7 Å². The molecular weight excluding hydrogens is 270 g/mol. The fourth-order valence-electron chi connectivity index (χ4n) is 3.37. The van der Waals surface area contributed by atoms with Gasteiger partial charge in [0.05, 0.1) is 12.5 Å². The summed E-state index contributed by atoms with van der Waals surface area (Å²) in [4.78, 5) is 25.8. The zero-order chi connectivity index (χ0) is 15.0. The second-order valence-electron chi connectivity index (χ2n) is 5.81. The summed E-state index contributed by atoms with van der Waals surface area (Å²) in [7, 11) is 0. The Labute approximate surface area is 123 Å². The monoisotopic (exact) mass is 289 g/mol. The minimum atomic E-state index is -0.909. The summed E-state index contributed by atoms with van der Waals surface area (Å²) in [6, 6.07) is 6.81. The highest BCUT2D eigenvalue weighted by Crippen LogP contribution is 2.36. The Morgan fingerprint density at radius 3 is 2.81 bits per heavy atom. The Hall–Kier alpha value is -2.04. The number of nitrogens with zero attached hydrogens (tertiary/aromatic N) is 1. The van der Waals surface area contributed by atoms with Crippen molar-refractivity contribution in [1.29, 1.82) is 0 Å². The molecule has 1 amide bonds. The number of carboxylic acid groups (broad SMARTS) is 1. The molecule has 1 saturated heterocycles. The number of carbonyl (C=O) groups excluding carboxylic acids is 1. The molecule has 1 aromatic rings. The Morgan fingerprint density at radius 1 is 1.29 bits per heavy atom. The number of likely N-dealkylation sites (tertiary alicyclic amines) is 1. The summed E-state index contributed by atoms with van der Waals surface area (Å²) in [5.74, 6) is -0.541. The third-order valence-corrected chi connectivity index (χ3v) is 4.49. The molecule has 0 saturated carbocycles. The van der Waals surface area contributed by atoms with E-state index in [9.17, 15) is 14.7 Å². The van der Waals surface area contributed by atoms with Gasteiger partial charge in [-0.2, -0.15) is 0 Å². The van der Waals surface area contributed by atoms with Crippen molar-refractivity contribution in [3.05, 3.63) is 29.8 Å². The zero-order valence-electron chi connectivity index (χ0n) is 12.0. The number of benzene rings is 1. The fraction of sp³-hybridized carbons (Fsp3) is 0.500. The third kappa shape index (κ3) is 2.37. The quantitative estimate of drug-likeness (QED) is 0.902. The minimum absolute atomic E-state index is 0.00142. The van der Waals surface area contributed by atoms with Crippen LogP contribution in [0.2, 0.25) is 0 Å². The molecule has 0 radical (unpaired) electrons. The van der Waals surface area contributed by atoms with E-state index in [4.69, 9.17) is 4.74 Å². The van der Waals surface area contributed by atoms with Crippen molar-refractivity contribution in [1.82, 2.24) is 4.90 Å². The summed E-state index contributed by atoms with van der Waals surface area (Å²) < 4.78 is 5.57. The van der Waals surface area contributed by atoms with Crippen LogP contribution in [-0.4, -0.2) is 41.1 Å². The number of hydrogen-bond donors (Lipinski definition) is 1. The van der Waals surface area contributed by atoms with Gasteiger partial charge in [-0.25, -0.2) is 4.79 Å². The summed E-state index contributed by atoms with van der Waals surface area (Å²) in [5, 5.41) is 9.38. The number of carboxylic acids is 1. The van der Waals surface area contributed by atoms with E-state index in [1.54, 1.807) is 4.90 Å². The Kier molecular flexibility index (Phi) is 3.57. The molecule has 0 aromatic heterocycles. The molecule has 3 atom stereocenters. The van der Waals surface area contributed by atoms with Crippen molar-refractivity contribution in [3.8, 4) is 5.75 Å². The van der Waals surface area contributed by atoms with Crippen molar-refractivity contribution >= 4 is 11.9 Å². The molecule has 5 heteroatoms. The van der Waals surface area contributed by atoms with Gasteiger partial charge in [-0.05, 0) is 24.8 Å². The Bertz CT molecular complexity index is 571. The lowest BCUT2D eigenvalue weighted by molar-refractivity contribution is -0.150. The molecule has 1 fully saturated rings. The minimum Gasteiger partial charge on any atom is -0.493 e. The van der Waals surface area contributed by atoms with Gasteiger partial charge in [0.2, 0.25) is 5.91 Å². The number of para-hydroxylation sites is 1. The maximum atomic E-state index is 12.8. The van der Waals surface area contributed by atoms with E-state index in [0.29, 0.717) is 19.6 Å². The van der Waals surface area contributed by atoms with Crippen molar-refractivity contribution in [3.63, 3.8) is 0 Å². The molecule has 0 bridgehead atoms. The van der Waals surface area contributed by atoms with E-state index >= 15 is 0 Å². The lowest BCUT2D eigenvalue weighted by Crippen LogP contribution is -2.45. The Morgan fingerprint density at radius 2 is 2.05 bits per heavy atom. The molecule has 0 aliphatic carbocycles. The van der Waals surface area contributed by atoms with Crippen LogP contribution in [0.1, 0.15) is 31.2 Å². The number of amides is 1. The van der Waals surface area contributed by atoms with Crippen LogP contribution in [0.15, 0.2) is 24.3 Å². The van der Waals surface area contributed by atoms with Gasteiger partial charge in [-0.3, -0.25) is 4.79 Å². The van der Waals surface area contributed by atoms with E-state index in [2.05, 4.69) is 0 Å². The van der Waals surface area contributed by atoms with Crippen LogP contribution >= 0.6 is 0 Å². The molecule has 5 nitrogen and oxygen atoms in total. The van der Waals surface area contributed by atoms with E-state index in [1.165, 1.54) is 0 Å². The number of ether oxygens (including phenoxy) is 1. The average molecular weight is 289 g/mol. The number of fused-ring (bicyclic) bond motifs is 1. The van der Waals surface area contributed by atoms with Crippen LogP contribution in [0.25, 0.3) is 0 Å². The van der Waals surface area contributed by atoms with Crippen molar-refractivity contribution in [2.24, 2.45) is 5.92 Å². The lowest BCUT2D eigenvalue weighted by atomic mass is 9.91. The van der Waals surface area contributed by atoms with Gasteiger partial charge >= 0.3 is 5.97 Å². The molecule has 0 spiro atoms. The normalized spacial score (nSPS) is 27.9. The van der Waals surface area contributed by atoms with Gasteiger partial charge in [0, 0.05) is 12.1 Å². The van der Waals surface area contributed by atoms with Crippen LogP contribution in [0.5, 0.6) is 5.75 Å². The first-order valence-electron chi connectivity index (χ1n) is 7.34. The van der Waals surface area contributed by atoms with Gasteiger partial charge in [-0.1, -0.05) is 25.1 Å². The highest BCUT2D eigenvalue weighted by Gasteiger charge is 2.42. The van der Waals surface area contributed by atoms with E-state index in [0.717, 1.165) is 17.7 Å². The maximum absolute atomic E-state index is 12.8.